The van der Waals surface area contributed by atoms with Crippen LogP contribution in [-0.2, 0) is 22.3 Å². The van der Waals surface area contributed by atoms with Crippen LogP contribution in [-0.4, -0.2) is 55.1 Å². The van der Waals surface area contributed by atoms with Gasteiger partial charge in [0.05, 0.1) is 16.6 Å². The maximum atomic E-state index is 13.0. The van der Waals surface area contributed by atoms with Crippen LogP contribution in [0.5, 0.6) is 0 Å². The van der Waals surface area contributed by atoms with Crippen molar-refractivity contribution in [1.29, 1.82) is 0 Å². The lowest BCUT2D eigenvalue weighted by molar-refractivity contribution is -0.141. The molecule has 1 amide bonds. The van der Waals surface area contributed by atoms with Crippen molar-refractivity contribution in [3.63, 3.8) is 0 Å². The van der Waals surface area contributed by atoms with Crippen LogP contribution >= 0.6 is 0 Å². The fraction of sp³-hybridized carbons (Fsp3) is 0.217. The van der Waals surface area contributed by atoms with E-state index in [-0.39, 0.29) is 35.4 Å². The number of amides is 1. The minimum Gasteiger partial charge on any atom is -0.481 e. The first kappa shape index (κ1) is 26.8. The van der Waals surface area contributed by atoms with Crippen molar-refractivity contribution < 1.29 is 47.7 Å². The van der Waals surface area contributed by atoms with Gasteiger partial charge in [-0.15, -0.1) is 0 Å². The second-order valence-corrected chi connectivity index (χ2v) is 7.77. The molecule has 1 aromatic heterocycles. The molecule has 1 heterocycles. The Hall–Kier alpha value is -4.75. The number of anilines is 1. The molecule has 1 atom stereocenters. The summed E-state index contributed by atoms with van der Waals surface area (Å²) in [5.41, 5.74) is -1.05. The zero-order chi connectivity index (χ0) is 27.3. The number of hydrogen-bond acceptors (Lipinski definition) is 7. The number of rotatable bonds is 10. The quantitative estimate of drug-likeness (QED) is 0.267. The maximum Gasteiger partial charge on any atom is 0.416 e. The zero-order valence-corrected chi connectivity index (χ0v) is 18.7. The van der Waals surface area contributed by atoms with Crippen LogP contribution in [0.15, 0.2) is 42.5 Å². The molecule has 2 aromatic carbocycles. The molecule has 0 radical (unpaired) electrons. The number of alkyl halides is 3. The summed E-state index contributed by atoms with van der Waals surface area (Å²) >= 11 is 0. The average Bonchev–Trinajstić information content (AvgIpc) is 2.83. The molecule has 0 bridgehead atoms. The third kappa shape index (κ3) is 6.90. The van der Waals surface area contributed by atoms with E-state index in [9.17, 15) is 37.5 Å². The highest BCUT2D eigenvalue weighted by Gasteiger charge is 2.31. The first-order valence-corrected chi connectivity index (χ1v) is 10.6. The SMILES string of the molecule is O=C(O)CCC(NC(=O)c1ccc(CNc2nc3cc(C(F)(F)F)ccc3nc2C(=O)O)cc1)C(=O)O. The van der Waals surface area contributed by atoms with Crippen LogP contribution in [0, 0.1) is 0 Å². The molecular formula is C23H19F3N4O7. The van der Waals surface area contributed by atoms with E-state index in [0.29, 0.717) is 5.56 Å². The summed E-state index contributed by atoms with van der Waals surface area (Å²) in [5.74, 6) is -5.04. The predicted molar refractivity (Wildman–Crippen MR) is 121 cm³/mol. The Bertz CT molecular complexity index is 1360. The molecular weight excluding hydrogens is 501 g/mol. The van der Waals surface area contributed by atoms with Crippen LogP contribution < -0.4 is 10.6 Å². The smallest absolute Gasteiger partial charge is 0.416 e. The minimum atomic E-state index is -4.62. The van der Waals surface area contributed by atoms with Crippen molar-refractivity contribution in [2.45, 2.75) is 31.6 Å². The molecule has 0 saturated heterocycles. The van der Waals surface area contributed by atoms with E-state index in [1.165, 1.54) is 24.3 Å². The van der Waals surface area contributed by atoms with Crippen molar-refractivity contribution >= 4 is 40.7 Å². The van der Waals surface area contributed by atoms with Gasteiger partial charge in [0.2, 0.25) is 0 Å². The van der Waals surface area contributed by atoms with Crippen molar-refractivity contribution in [2.24, 2.45) is 0 Å². The number of carboxylic acids is 3. The first-order valence-electron chi connectivity index (χ1n) is 10.6. The monoisotopic (exact) mass is 520 g/mol. The summed E-state index contributed by atoms with van der Waals surface area (Å²) in [6.07, 6.45) is -5.37. The Morgan fingerprint density at radius 1 is 0.919 bits per heavy atom. The minimum absolute atomic E-state index is 0.0301. The lowest BCUT2D eigenvalue weighted by atomic mass is 10.1. The molecule has 0 aliphatic carbocycles. The third-order valence-corrected chi connectivity index (χ3v) is 5.12. The Morgan fingerprint density at radius 3 is 2.16 bits per heavy atom. The molecule has 0 aliphatic heterocycles. The molecule has 0 aliphatic rings. The largest absolute Gasteiger partial charge is 0.481 e. The molecule has 5 N–H and O–H groups in total. The van der Waals surface area contributed by atoms with Gasteiger partial charge in [-0.2, -0.15) is 13.2 Å². The van der Waals surface area contributed by atoms with Gasteiger partial charge in [-0.05, 0) is 42.3 Å². The van der Waals surface area contributed by atoms with Gasteiger partial charge in [-0.3, -0.25) is 9.59 Å². The summed E-state index contributed by atoms with van der Waals surface area (Å²) in [4.78, 5) is 53.7. The van der Waals surface area contributed by atoms with Crippen molar-refractivity contribution in [3.8, 4) is 0 Å². The second kappa shape index (κ2) is 10.9. The van der Waals surface area contributed by atoms with E-state index < -0.39 is 53.7 Å². The molecule has 1 unspecified atom stereocenters. The highest BCUT2D eigenvalue weighted by Crippen LogP contribution is 2.31. The van der Waals surface area contributed by atoms with Crippen LogP contribution in [0.2, 0.25) is 0 Å². The summed E-state index contributed by atoms with van der Waals surface area (Å²) in [6.45, 7) is -0.0301. The zero-order valence-electron chi connectivity index (χ0n) is 18.7. The van der Waals surface area contributed by atoms with E-state index >= 15 is 0 Å². The number of hydrogen-bond donors (Lipinski definition) is 5. The number of aromatic carboxylic acids is 1. The fourth-order valence-corrected chi connectivity index (χ4v) is 3.23. The topological polar surface area (TPSA) is 179 Å². The number of carbonyl (C=O) groups is 4. The lowest BCUT2D eigenvalue weighted by Gasteiger charge is -2.14. The molecule has 0 spiro atoms. The summed E-state index contributed by atoms with van der Waals surface area (Å²) in [5, 5.41) is 32.3. The first-order chi connectivity index (χ1) is 17.3. The Morgan fingerprint density at radius 2 is 1.59 bits per heavy atom. The van der Waals surface area contributed by atoms with Crippen molar-refractivity contribution in [3.05, 3.63) is 64.8 Å². The van der Waals surface area contributed by atoms with Crippen molar-refractivity contribution in [2.75, 3.05) is 5.32 Å². The molecule has 3 aromatic rings. The van der Waals surface area contributed by atoms with Gasteiger partial charge in [0.1, 0.15) is 6.04 Å². The predicted octanol–water partition coefficient (Wildman–Crippen LogP) is 3.01. The number of nitrogens with one attached hydrogen (secondary N) is 2. The summed E-state index contributed by atoms with van der Waals surface area (Å²) < 4.78 is 39.1. The summed E-state index contributed by atoms with van der Waals surface area (Å²) in [6, 6.07) is 6.85. The number of halogens is 3. The molecule has 3 rings (SSSR count). The van der Waals surface area contributed by atoms with E-state index in [2.05, 4.69) is 20.6 Å². The Balaban J connectivity index is 1.75. The number of carboxylic acid groups (broad SMARTS) is 3. The van der Waals surface area contributed by atoms with E-state index in [4.69, 9.17) is 10.2 Å². The molecule has 0 fully saturated rings. The Kier molecular flexibility index (Phi) is 7.90. The molecule has 11 nitrogen and oxygen atoms in total. The van der Waals surface area contributed by atoms with Gasteiger partial charge in [0, 0.05) is 18.5 Å². The molecule has 0 saturated carbocycles. The number of benzene rings is 2. The lowest BCUT2D eigenvalue weighted by Crippen LogP contribution is -2.41. The normalized spacial score (nSPS) is 12.1. The van der Waals surface area contributed by atoms with Gasteiger partial charge in [0.15, 0.2) is 11.5 Å². The molecule has 37 heavy (non-hydrogen) atoms. The second-order valence-electron chi connectivity index (χ2n) is 7.77. The highest BCUT2D eigenvalue weighted by molar-refractivity contribution is 5.97. The van der Waals surface area contributed by atoms with E-state index in [1.807, 2.05) is 0 Å². The van der Waals surface area contributed by atoms with E-state index in [1.54, 1.807) is 0 Å². The molecule has 14 heteroatoms. The number of aromatic nitrogens is 2. The standard InChI is InChI=1S/C23H19F3N4O7/c24-23(25,26)13-5-6-14-16(9-13)29-19(18(28-14)22(36)37)27-10-11-1-3-12(4-2-11)20(33)30-15(21(34)35)7-8-17(31)32/h1-6,9,15H,7-8,10H2,(H,27,29)(H,30,33)(H,31,32)(H,34,35)(H,36,37). The Labute approximate surface area is 206 Å². The van der Waals surface area contributed by atoms with Crippen molar-refractivity contribution in [1.82, 2.24) is 15.3 Å². The highest BCUT2D eigenvalue weighted by atomic mass is 19.4. The van der Waals surface area contributed by atoms with Crippen LogP contribution in [0.25, 0.3) is 11.0 Å². The van der Waals surface area contributed by atoms with Gasteiger partial charge < -0.3 is 26.0 Å². The third-order valence-electron chi connectivity index (χ3n) is 5.12. The number of carbonyl (C=O) groups excluding carboxylic acids is 1. The van der Waals surface area contributed by atoms with Crippen LogP contribution in [0.1, 0.15) is 44.8 Å². The van der Waals surface area contributed by atoms with Gasteiger partial charge in [-0.25, -0.2) is 19.6 Å². The van der Waals surface area contributed by atoms with Gasteiger partial charge in [-0.1, -0.05) is 12.1 Å². The summed E-state index contributed by atoms with van der Waals surface area (Å²) in [7, 11) is 0. The van der Waals surface area contributed by atoms with Crippen LogP contribution in [0.3, 0.4) is 0 Å². The number of nitrogens with zero attached hydrogens (tertiary/aromatic N) is 2. The number of fused-ring (bicyclic) bond motifs is 1. The average molecular weight is 520 g/mol. The number of aliphatic carboxylic acids is 2. The van der Waals surface area contributed by atoms with Gasteiger partial charge >= 0.3 is 24.1 Å². The fourth-order valence-electron chi connectivity index (χ4n) is 3.23. The van der Waals surface area contributed by atoms with Crippen LogP contribution in [0.4, 0.5) is 19.0 Å². The molecule has 194 valence electrons. The van der Waals surface area contributed by atoms with Gasteiger partial charge in [0.25, 0.3) is 5.91 Å². The van der Waals surface area contributed by atoms with E-state index in [0.717, 1.165) is 18.2 Å². The maximum absolute atomic E-state index is 13.0.